The first kappa shape index (κ1) is 15.7. The van der Waals surface area contributed by atoms with E-state index in [4.69, 9.17) is 0 Å². The Balaban J connectivity index is 0.000000235. The zero-order chi connectivity index (χ0) is 15.8. The summed E-state index contributed by atoms with van der Waals surface area (Å²) in [6.45, 7) is -0.0721. The Bertz CT molecular complexity index is 620. The fraction of sp³-hybridized carbons (Fsp3) is 0.222. The quantitative estimate of drug-likeness (QED) is 0.478. The summed E-state index contributed by atoms with van der Waals surface area (Å²) < 4.78 is 5.65. The van der Waals surface area contributed by atoms with Gasteiger partial charge in [0.15, 0.2) is 6.33 Å². The molecule has 0 aliphatic rings. The number of carbonyl (C=O) groups excluding carboxylic acids is 1. The molecule has 2 rings (SSSR count). The maximum atomic E-state index is 10.7. The molecular formula is C9H10N6O6. The van der Waals surface area contributed by atoms with Crippen LogP contribution < -0.4 is 0 Å². The van der Waals surface area contributed by atoms with Crippen LogP contribution in [0, 0.1) is 20.2 Å². The molecule has 0 aliphatic carbocycles. The number of esters is 1. The topological polar surface area (TPSA) is 159 Å². The highest BCUT2D eigenvalue weighted by atomic mass is 16.6. The number of ether oxygens (including phenoxy) is 1. The predicted octanol–water partition coefficient (Wildman–Crippen LogP) is 0.282. The van der Waals surface area contributed by atoms with Gasteiger partial charge >= 0.3 is 17.6 Å². The number of hydrogen-bond acceptors (Lipinski definition) is 8. The van der Waals surface area contributed by atoms with Crippen molar-refractivity contribution in [1.82, 2.24) is 19.5 Å². The number of nitrogens with zero attached hydrogens (tertiary/aromatic N) is 5. The molecule has 12 heteroatoms. The van der Waals surface area contributed by atoms with Gasteiger partial charge in [-0.05, 0) is 14.8 Å². The van der Waals surface area contributed by atoms with Crippen molar-refractivity contribution in [2.45, 2.75) is 6.54 Å². The number of nitrogens with one attached hydrogen (secondary N) is 1. The highest BCUT2D eigenvalue weighted by molar-refractivity contribution is 5.68. The smallest absolute Gasteiger partial charge is 0.381 e. The summed E-state index contributed by atoms with van der Waals surface area (Å²) >= 11 is 0. The Kier molecular flexibility index (Phi) is 5.49. The van der Waals surface area contributed by atoms with Gasteiger partial charge in [-0.25, -0.2) is 9.97 Å². The van der Waals surface area contributed by atoms with E-state index in [1.165, 1.54) is 24.3 Å². The minimum absolute atomic E-state index is 0.0721. The molecule has 0 fully saturated rings. The molecule has 0 aliphatic heterocycles. The maximum Gasteiger partial charge on any atom is 0.381 e. The van der Waals surface area contributed by atoms with Crippen LogP contribution in [0.1, 0.15) is 0 Å². The van der Waals surface area contributed by atoms with E-state index >= 15 is 0 Å². The third kappa shape index (κ3) is 5.06. The fourth-order valence-corrected chi connectivity index (χ4v) is 1.09. The number of methoxy groups -OCH3 is 1. The summed E-state index contributed by atoms with van der Waals surface area (Å²) in [5.74, 6) is -0.846. The average molecular weight is 298 g/mol. The van der Waals surface area contributed by atoms with Gasteiger partial charge in [0.2, 0.25) is 6.33 Å². The molecule has 0 bridgehead atoms. The van der Waals surface area contributed by atoms with Crippen LogP contribution >= 0.6 is 0 Å². The Morgan fingerprint density at radius 2 is 2.14 bits per heavy atom. The van der Waals surface area contributed by atoms with Gasteiger partial charge in [0.25, 0.3) is 0 Å². The van der Waals surface area contributed by atoms with Crippen LogP contribution in [0.25, 0.3) is 0 Å². The van der Waals surface area contributed by atoms with E-state index in [1.54, 1.807) is 0 Å². The second-order valence-electron chi connectivity index (χ2n) is 3.43. The summed E-state index contributed by atoms with van der Waals surface area (Å²) in [5, 5.41) is 20.0. The van der Waals surface area contributed by atoms with E-state index in [0.717, 1.165) is 12.4 Å². The number of imidazole rings is 2. The zero-order valence-corrected chi connectivity index (χ0v) is 10.7. The highest BCUT2D eigenvalue weighted by Crippen LogP contribution is 2.05. The fourth-order valence-electron chi connectivity index (χ4n) is 1.09. The lowest BCUT2D eigenvalue weighted by molar-refractivity contribution is -0.389. The predicted molar refractivity (Wildman–Crippen MR) is 66.1 cm³/mol. The number of aromatic amines is 1. The zero-order valence-electron chi connectivity index (χ0n) is 10.7. The number of carbonyl (C=O) groups is 1. The Morgan fingerprint density at radius 3 is 2.52 bits per heavy atom. The van der Waals surface area contributed by atoms with Gasteiger partial charge in [0.1, 0.15) is 18.9 Å². The molecule has 1 N–H and O–H groups in total. The minimum Gasteiger partial charge on any atom is -0.468 e. The highest BCUT2D eigenvalue weighted by Gasteiger charge is 2.11. The third-order valence-corrected chi connectivity index (χ3v) is 2.03. The molecule has 0 atom stereocenters. The number of rotatable bonds is 4. The van der Waals surface area contributed by atoms with Crippen LogP contribution in [-0.4, -0.2) is 42.4 Å². The Morgan fingerprint density at radius 1 is 1.43 bits per heavy atom. The van der Waals surface area contributed by atoms with E-state index in [0.29, 0.717) is 0 Å². The number of aromatic nitrogens is 4. The van der Waals surface area contributed by atoms with Gasteiger partial charge in [-0.2, -0.15) is 0 Å². The molecule has 0 amide bonds. The molecule has 0 aromatic carbocycles. The van der Waals surface area contributed by atoms with E-state index in [9.17, 15) is 25.0 Å². The van der Waals surface area contributed by atoms with Crippen molar-refractivity contribution in [1.29, 1.82) is 0 Å². The standard InChI is InChI=1S/C6H7N3O4.C3H3N3O2/c1-13-6(10)3-8-2-5(7-4-8)9(11)12;7-6(8)3-1-4-2-5-3/h2,4H,3H2,1H3;1-2H,(H,4,5). The minimum atomic E-state index is -0.631. The van der Waals surface area contributed by atoms with Crippen molar-refractivity contribution >= 4 is 17.6 Å². The van der Waals surface area contributed by atoms with Crippen molar-refractivity contribution in [2.24, 2.45) is 0 Å². The molecule has 12 nitrogen and oxygen atoms in total. The van der Waals surface area contributed by atoms with E-state index in [2.05, 4.69) is 19.7 Å². The first-order chi connectivity index (χ1) is 9.93. The summed E-state index contributed by atoms with van der Waals surface area (Å²) in [5.41, 5.74) is 0. The first-order valence-electron chi connectivity index (χ1n) is 5.29. The Labute approximate surface area is 116 Å². The molecular weight excluding hydrogens is 288 g/mol. The lowest BCUT2D eigenvalue weighted by atomic mass is 10.6. The molecule has 0 saturated heterocycles. The normalized spacial score (nSPS) is 9.38. The lowest BCUT2D eigenvalue weighted by Crippen LogP contribution is -2.09. The van der Waals surface area contributed by atoms with Crippen molar-refractivity contribution in [3.63, 3.8) is 0 Å². The maximum absolute atomic E-state index is 10.7. The van der Waals surface area contributed by atoms with Crippen molar-refractivity contribution in [3.8, 4) is 0 Å². The number of H-pyrrole nitrogens is 1. The van der Waals surface area contributed by atoms with Gasteiger partial charge in [-0.3, -0.25) is 9.36 Å². The molecule has 2 aromatic heterocycles. The third-order valence-electron chi connectivity index (χ3n) is 2.03. The van der Waals surface area contributed by atoms with Crippen molar-refractivity contribution in [2.75, 3.05) is 7.11 Å². The summed E-state index contributed by atoms with van der Waals surface area (Å²) in [4.78, 5) is 38.8. The van der Waals surface area contributed by atoms with Crippen LogP contribution in [0.2, 0.25) is 0 Å². The summed E-state index contributed by atoms with van der Waals surface area (Å²) in [6.07, 6.45) is 4.78. The summed E-state index contributed by atoms with van der Waals surface area (Å²) in [6, 6.07) is 0. The Hall–Kier alpha value is -3.31. The number of nitro groups is 2. The van der Waals surface area contributed by atoms with E-state index in [-0.39, 0.29) is 18.2 Å². The second kappa shape index (κ2) is 7.32. The molecule has 112 valence electrons. The molecule has 21 heavy (non-hydrogen) atoms. The van der Waals surface area contributed by atoms with Gasteiger partial charge in [0, 0.05) is 0 Å². The molecule has 0 unspecified atom stereocenters. The summed E-state index contributed by atoms with van der Waals surface area (Å²) in [7, 11) is 1.24. The van der Waals surface area contributed by atoms with Crippen LogP contribution in [0.15, 0.2) is 25.0 Å². The monoisotopic (exact) mass is 298 g/mol. The number of hydrogen-bond donors (Lipinski definition) is 1. The second-order valence-corrected chi connectivity index (χ2v) is 3.43. The van der Waals surface area contributed by atoms with Crippen LogP contribution in [0.5, 0.6) is 0 Å². The van der Waals surface area contributed by atoms with Gasteiger partial charge in [-0.15, -0.1) is 0 Å². The largest absolute Gasteiger partial charge is 0.468 e. The molecule has 2 heterocycles. The van der Waals surface area contributed by atoms with E-state index < -0.39 is 15.8 Å². The van der Waals surface area contributed by atoms with Crippen LogP contribution in [0.4, 0.5) is 11.6 Å². The van der Waals surface area contributed by atoms with Crippen LogP contribution in [0.3, 0.4) is 0 Å². The average Bonchev–Trinajstić information content (AvgIpc) is 3.10. The van der Waals surface area contributed by atoms with Gasteiger partial charge in [0.05, 0.1) is 7.11 Å². The first-order valence-corrected chi connectivity index (χ1v) is 5.29. The van der Waals surface area contributed by atoms with Crippen molar-refractivity contribution in [3.05, 3.63) is 45.3 Å². The molecule has 0 spiro atoms. The van der Waals surface area contributed by atoms with Gasteiger partial charge in [-0.1, -0.05) is 0 Å². The lowest BCUT2D eigenvalue weighted by Gasteiger charge is -1.96. The SMILES string of the molecule is COC(=O)Cn1cnc([N+](=O)[O-])c1.O=[N+]([O-])c1cnc[nH]1. The molecule has 0 radical (unpaired) electrons. The molecule has 0 saturated carbocycles. The van der Waals surface area contributed by atoms with Gasteiger partial charge < -0.3 is 25.0 Å². The van der Waals surface area contributed by atoms with Crippen molar-refractivity contribution < 1.29 is 19.4 Å². The van der Waals surface area contributed by atoms with E-state index in [1.807, 2.05) is 0 Å². The molecule has 2 aromatic rings. The van der Waals surface area contributed by atoms with Crippen LogP contribution in [-0.2, 0) is 16.1 Å².